The lowest BCUT2D eigenvalue weighted by atomic mass is 9.85. The third kappa shape index (κ3) is 30.5. The Morgan fingerprint density at radius 3 is 1.38 bits per heavy atom. The Balaban J connectivity index is 2.52. The van der Waals surface area contributed by atoms with E-state index in [4.69, 9.17) is 18.5 Å². The number of unbranched alkanes of at least 4 members (excludes halogenated alkanes) is 8. The Kier molecular flexibility index (Phi) is 34.9. The first-order chi connectivity index (χ1) is 30.4. The first-order valence-corrected chi connectivity index (χ1v) is 24.5. The molecule has 0 amide bonds. The summed E-state index contributed by atoms with van der Waals surface area (Å²) in [6.45, 7) is 3.07. The zero-order chi connectivity index (χ0) is 46.4. The van der Waals surface area contributed by atoms with Crippen LogP contribution in [0.4, 0.5) is 0 Å². The lowest BCUT2D eigenvalue weighted by Crippen LogP contribution is -2.64. The number of allylic oxidation sites excluding steroid dienone is 16. The van der Waals surface area contributed by atoms with Crippen LogP contribution in [0.1, 0.15) is 142 Å². The Morgan fingerprint density at radius 2 is 0.905 bits per heavy atom. The van der Waals surface area contributed by atoms with Crippen LogP contribution in [-0.4, -0.2) is 98.3 Å². The second-order valence-electron chi connectivity index (χ2n) is 15.5. The van der Waals surface area contributed by atoms with Gasteiger partial charge in [-0.2, -0.15) is 0 Å². The molecular formula is C49H79O13P. The quantitative estimate of drug-likeness (QED) is 0.0150. The highest BCUT2D eigenvalue weighted by atomic mass is 31.2. The molecule has 6 N–H and O–H groups in total. The average molecular weight is 907 g/mol. The smallest absolute Gasteiger partial charge is 0.462 e. The summed E-state index contributed by atoms with van der Waals surface area (Å²) in [4.78, 5) is 35.7. The van der Waals surface area contributed by atoms with Crippen LogP contribution in [0.3, 0.4) is 0 Å². The summed E-state index contributed by atoms with van der Waals surface area (Å²) in [6, 6.07) is 0. The molecule has 0 aromatic rings. The second kappa shape index (κ2) is 38.1. The number of phosphoric acid groups is 1. The van der Waals surface area contributed by atoms with E-state index in [0.29, 0.717) is 19.3 Å². The fourth-order valence-electron chi connectivity index (χ4n) is 6.20. The molecule has 1 aliphatic rings. The lowest BCUT2D eigenvalue weighted by Gasteiger charge is -2.41. The number of aliphatic hydroxyl groups excluding tert-OH is 5. The monoisotopic (exact) mass is 907 g/mol. The minimum absolute atomic E-state index is 0.0310. The Labute approximate surface area is 377 Å². The molecule has 1 rings (SSSR count). The summed E-state index contributed by atoms with van der Waals surface area (Å²) in [5.74, 6) is -1.20. The molecule has 0 aromatic heterocycles. The largest absolute Gasteiger partial charge is 0.472 e. The molecular weight excluding hydrogens is 828 g/mol. The molecule has 8 atom stereocenters. The molecule has 1 fully saturated rings. The predicted octanol–water partition coefficient (Wildman–Crippen LogP) is 9.05. The van der Waals surface area contributed by atoms with Crippen molar-refractivity contribution in [2.75, 3.05) is 13.2 Å². The van der Waals surface area contributed by atoms with Crippen molar-refractivity contribution in [2.45, 2.75) is 185 Å². The number of esters is 2. The van der Waals surface area contributed by atoms with Crippen LogP contribution in [0, 0.1) is 0 Å². The van der Waals surface area contributed by atoms with Crippen molar-refractivity contribution >= 4 is 19.8 Å². The third-order valence-corrected chi connectivity index (χ3v) is 10.9. The zero-order valence-electron chi connectivity index (χ0n) is 37.8. The van der Waals surface area contributed by atoms with E-state index >= 15 is 0 Å². The maximum absolute atomic E-state index is 12.8. The van der Waals surface area contributed by atoms with E-state index in [2.05, 4.69) is 105 Å². The SMILES string of the molecule is CC/C=C/C/C=C/C/C=C/C/C=C/CCCCC(=O)O[C@@H](COC(=O)CCCCC/C=C/C/C=C/C/C=C/C/C=C/CCCCC)COP(=O)(O)OC1C(O)C(O)C(O)[C@H](O)C1O. The van der Waals surface area contributed by atoms with Gasteiger partial charge in [0.15, 0.2) is 6.10 Å². The molecule has 6 unspecified atom stereocenters. The van der Waals surface area contributed by atoms with Crippen LogP contribution in [0.15, 0.2) is 97.2 Å². The Bertz CT molecular complexity index is 1470. The average Bonchev–Trinajstić information content (AvgIpc) is 3.26. The van der Waals surface area contributed by atoms with Crippen molar-refractivity contribution in [1.29, 1.82) is 0 Å². The van der Waals surface area contributed by atoms with Crippen LogP contribution >= 0.6 is 7.82 Å². The molecule has 1 aliphatic carbocycles. The number of aliphatic hydroxyl groups is 5. The second-order valence-corrected chi connectivity index (χ2v) is 16.9. The van der Waals surface area contributed by atoms with E-state index in [9.17, 15) is 44.6 Å². The maximum Gasteiger partial charge on any atom is 0.472 e. The van der Waals surface area contributed by atoms with E-state index in [1.165, 1.54) is 19.3 Å². The summed E-state index contributed by atoms with van der Waals surface area (Å²) < 4.78 is 33.4. The maximum atomic E-state index is 12.8. The van der Waals surface area contributed by atoms with Crippen molar-refractivity contribution in [3.8, 4) is 0 Å². The molecule has 0 aliphatic heterocycles. The van der Waals surface area contributed by atoms with Crippen molar-refractivity contribution in [1.82, 2.24) is 0 Å². The van der Waals surface area contributed by atoms with Gasteiger partial charge in [0, 0.05) is 12.8 Å². The summed E-state index contributed by atoms with van der Waals surface area (Å²) in [7, 11) is -5.14. The van der Waals surface area contributed by atoms with E-state index in [0.717, 1.165) is 77.0 Å². The third-order valence-electron chi connectivity index (χ3n) is 9.91. The van der Waals surface area contributed by atoms with Gasteiger partial charge in [-0.3, -0.25) is 18.6 Å². The highest BCUT2D eigenvalue weighted by Gasteiger charge is 2.51. The van der Waals surface area contributed by atoms with Crippen LogP contribution in [0.25, 0.3) is 0 Å². The fourth-order valence-corrected chi connectivity index (χ4v) is 7.17. The highest BCUT2D eigenvalue weighted by molar-refractivity contribution is 7.47. The van der Waals surface area contributed by atoms with Gasteiger partial charge >= 0.3 is 19.8 Å². The van der Waals surface area contributed by atoms with Gasteiger partial charge in [-0.25, -0.2) is 4.57 Å². The van der Waals surface area contributed by atoms with Gasteiger partial charge in [0.05, 0.1) is 6.61 Å². The molecule has 63 heavy (non-hydrogen) atoms. The van der Waals surface area contributed by atoms with Gasteiger partial charge in [-0.05, 0) is 96.3 Å². The Hall–Kier alpha value is -3.23. The number of carbonyl (C=O) groups excluding carboxylic acids is 2. The van der Waals surface area contributed by atoms with Gasteiger partial charge in [-0.15, -0.1) is 0 Å². The Morgan fingerprint density at radius 1 is 0.508 bits per heavy atom. The molecule has 0 saturated heterocycles. The molecule has 0 heterocycles. The summed E-state index contributed by atoms with van der Waals surface area (Å²) >= 11 is 0. The lowest BCUT2D eigenvalue weighted by molar-refractivity contribution is -0.220. The molecule has 0 bridgehead atoms. The molecule has 0 spiro atoms. The van der Waals surface area contributed by atoms with Gasteiger partial charge in [0.25, 0.3) is 0 Å². The zero-order valence-corrected chi connectivity index (χ0v) is 38.7. The number of hydrogen-bond donors (Lipinski definition) is 6. The van der Waals surface area contributed by atoms with E-state index < -0.39 is 75.7 Å². The van der Waals surface area contributed by atoms with E-state index in [1.54, 1.807) is 0 Å². The van der Waals surface area contributed by atoms with Gasteiger partial charge < -0.3 is 39.9 Å². The van der Waals surface area contributed by atoms with E-state index in [1.807, 2.05) is 6.08 Å². The number of hydrogen-bond acceptors (Lipinski definition) is 12. The summed E-state index contributed by atoms with van der Waals surface area (Å²) in [5.41, 5.74) is 0. The molecule has 1 saturated carbocycles. The topological polar surface area (TPSA) is 210 Å². The number of ether oxygens (including phenoxy) is 2. The number of phosphoric ester groups is 1. The summed E-state index contributed by atoms with van der Waals surface area (Å²) in [6.07, 6.45) is 37.5. The predicted molar refractivity (Wildman–Crippen MR) is 248 cm³/mol. The van der Waals surface area contributed by atoms with Crippen molar-refractivity contribution in [3.63, 3.8) is 0 Å². The van der Waals surface area contributed by atoms with Gasteiger partial charge in [-0.1, -0.05) is 130 Å². The minimum atomic E-state index is -5.14. The molecule has 0 aromatic carbocycles. The van der Waals surface area contributed by atoms with Crippen molar-refractivity contribution in [2.24, 2.45) is 0 Å². The number of carbonyl (C=O) groups is 2. The normalized spacial score (nSPS) is 22.6. The fraction of sp³-hybridized carbons (Fsp3) is 0.633. The van der Waals surface area contributed by atoms with Crippen molar-refractivity contribution < 1.29 is 63.1 Å². The first kappa shape index (κ1) is 57.8. The molecule has 0 radical (unpaired) electrons. The van der Waals surface area contributed by atoms with Gasteiger partial charge in [0.2, 0.25) is 0 Å². The van der Waals surface area contributed by atoms with Crippen LogP contribution in [-0.2, 0) is 32.7 Å². The van der Waals surface area contributed by atoms with Crippen LogP contribution in [0.5, 0.6) is 0 Å². The van der Waals surface area contributed by atoms with Crippen molar-refractivity contribution in [3.05, 3.63) is 97.2 Å². The van der Waals surface area contributed by atoms with Gasteiger partial charge in [0.1, 0.15) is 43.2 Å². The molecule has 14 heteroatoms. The standard InChI is InChI=1S/C49H79O13P/c1-3-5-7-9-11-13-15-17-19-20-21-22-24-25-27-29-31-33-35-37-42(50)59-39-41(40-60-63(57,58)62-49-47(55)45(53)44(52)46(54)48(49)56)61-43(51)38-36-34-32-30-28-26-23-18-16-14-12-10-8-6-4-2/h6,8,11-14,17-19,21-23,25,27-28,30,41,44-49,52-56H,3-5,7,9-10,15-16,20,24,26,29,31-40H2,1-2H3,(H,57,58)/b8-6+,13-11+,14-12+,19-17+,22-21+,23-18+,27-25+,30-28+/t41-,44?,45-,46?,47?,48?,49?/m0/s1. The number of rotatable bonds is 36. The van der Waals surface area contributed by atoms with Crippen LogP contribution in [0.2, 0.25) is 0 Å². The van der Waals surface area contributed by atoms with E-state index in [-0.39, 0.29) is 12.8 Å². The van der Waals surface area contributed by atoms with Crippen LogP contribution < -0.4 is 0 Å². The first-order valence-electron chi connectivity index (χ1n) is 23.0. The molecule has 358 valence electrons. The minimum Gasteiger partial charge on any atom is -0.462 e. The highest BCUT2D eigenvalue weighted by Crippen LogP contribution is 2.47. The molecule has 13 nitrogen and oxygen atoms in total. The summed E-state index contributed by atoms with van der Waals surface area (Å²) in [5, 5.41) is 50.1.